The first-order valence-corrected chi connectivity index (χ1v) is 10.9. The maximum atomic E-state index is 13.6. The summed E-state index contributed by atoms with van der Waals surface area (Å²) < 4.78 is 42.9. The van der Waals surface area contributed by atoms with Crippen molar-refractivity contribution in [1.82, 2.24) is 13.6 Å². The van der Waals surface area contributed by atoms with Gasteiger partial charge < -0.3 is 4.98 Å². The molecule has 0 aliphatic carbocycles. The fourth-order valence-corrected chi connectivity index (χ4v) is 6.30. The highest BCUT2D eigenvalue weighted by Gasteiger charge is 2.36. The van der Waals surface area contributed by atoms with Crippen LogP contribution in [-0.2, 0) is 10.2 Å². The molecule has 2 aromatic rings. The predicted octanol–water partition coefficient (Wildman–Crippen LogP) is 3.61. The van der Waals surface area contributed by atoms with Crippen LogP contribution in [0.1, 0.15) is 50.5 Å². The fourth-order valence-electron chi connectivity index (χ4n) is 4.41. The van der Waals surface area contributed by atoms with E-state index in [0.29, 0.717) is 19.6 Å². The molecular formula is C19H26FN3O2S. The molecule has 2 aliphatic heterocycles. The maximum Gasteiger partial charge on any atom is 0.282 e. The van der Waals surface area contributed by atoms with E-state index < -0.39 is 10.2 Å². The second kappa shape index (κ2) is 6.94. The van der Waals surface area contributed by atoms with Gasteiger partial charge in [0, 0.05) is 42.8 Å². The second-order valence-electron chi connectivity index (χ2n) is 7.57. The minimum absolute atomic E-state index is 0.0862. The van der Waals surface area contributed by atoms with Gasteiger partial charge in [-0.25, -0.2) is 4.39 Å². The van der Waals surface area contributed by atoms with Gasteiger partial charge in [-0.3, -0.25) is 0 Å². The van der Waals surface area contributed by atoms with Crippen molar-refractivity contribution in [1.29, 1.82) is 0 Å². The largest absolute Gasteiger partial charge is 0.361 e. The Balaban J connectivity index is 1.49. The van der Waals surface area contributed by atoms with Crippen LogP contribution in [0.3, 0.4) is 0 Å². The Morgan fingerprint density at radius 1 is 1.12 bits per heavy atom. The second-order valence-corrected chi connectivity index (χ2v) is 9.45. The number of halogens is 1. The molecule has 3 heterocycles. The number of hydrogen-bond donors (Lipinski definition) is 1. The lowest BCUT2D eigenvalue weighted by Crippen LogP contribution is -2.51. The van der Waals surface area contributed by atoms with Crippen molar-refractivity contribution < 1.29 is 12.8 Å². The van der Waals surface area contributed by atoms with E-state index in [1.54, 1.807) is 20.7 Å². The summed E-state index contributed by atoms with van der Waals surface area (Å²) in [6.45, 7) is 3.69. The number of rotatable bonds is 3. The van der Waals surface area contributed by atoms with E-state index in [-0.39, 0.29) is 17.8 Å². The van der Waals surface area contributed by atoms with Gasteiger partial charge in [0.25, 0.3) is 10.2 Å². The molecule has 1 unspecified atom stereocenters. The van der Waals surface area contributed by atoms with Crippen molar-refractivity contribution in [3.8, 4) is 0 Å². The third-order valence-electron chi connectivity index (χ3n) is 5.93. The smallest absolute Gasteiger partial charge is 0.282 e. The molecule has 1 atom stereocenters. The minimum atomic E-state index is -3.38. The molecule has 5 nitrogen and oxygen atoms in total. The molecule has 2 fully saturated rings. The summed E-state index contributed by atoms with van der Waals surface area (Å²) in [6.07, 6.45) is 6.48. The third kappa shape index (κ3) is 3.17. The van der Waals surface area contributed by atoms with E-state index in [9.17, 15) is 12.8 Å². The number of nitrogens with zero attached hydrogens (tertiary/aromatic N) is 2. The number of benzene rings is 1. The lowest BCUT2D eigenvalue weighted by atomic mass is 9.90. The van der Waals surface area contributed by atoms with Gasteiger partial charge in [0.1, 0.15) is 5.82 Å². The summed E-state index contributed by atoms with van der Waals surface area (Å²) in [7, 11) is -3.38. The average Bonchev–Trinajstić information content (AvgIpc) is 3.05. The first-order chi connectivity index (χ1) is 12.5. The first-order valence-electron chi connectivity index (χ1n) is 9.50. The van der Waals surface area contributed by atoms with Crippen LogP contribution in [0.4, 0.5) is 4.39 Å². The Bertz CT molecular complexity index is 887. The number of hydrogen-bond acceptors (Lipinski definition) is 2. The molecule has 142 valence electrons. The number of piperidine rings is 2. The van der Waals surface area contributed by atoms with E-state index >= 15 is 0 Å². The number of fused-ring (bicyclic) bond motifs is 1. The van der Waals surface area contributed by atoms with Crippen molar-refractivity contribution >= 4 is 21.1 Å². The zero-order valence-corrected chi connectivity index (χ0v) is 15.9. The van der Waals surface area contributed by atoms with Gasteiger partial charge in [-0.2, -0.15) is 17.0 Å². The van der Waals surface area contributed by atoms with Gasteiger partial charge in [-0.1, -0.05) is 6.42 Å². The van der Waals surface area contributed by atoms with Gasteiger partial charge in [0.2, 0.25) is 0 Å². The maximum absolute atomic E-state index is 13.6. The molecule has 26 heavy (non-hydrogen) atoms. The van der Waals surface area contributed by atoms with Crippen LogP contribution in [0.15, 0.2) is 24.4 Å². The molecule has 1 N–H and O–H groups in total. The fraction of sp³-hybridized carbons (Fsp3) is 0.579. The zero-order chi connectivity index (χ0) is 18.3. The average molecular weight is 380 g/mol. The van der Waals surface area contributed by atoms with Crippen molar-refractivity contribution in [3.05, 3.63) is 35.8 Å². The molecule has 2 saturated heterocycles. The molecule has 0 bridgehead atoms. The molecule has 0 saturated carbocycles. The molecule has 1 aromatic heterocycles. The number of aromatic amines is 1. The van der Waals surface area contributed by atoms with Crippen LogP contribution < -0.4 is 0 Å². The molecule has 7 heteroatoms. The number of nitrogens with one attached hydrogen (secondary N) is 1. The molecule has 0 amide bonds. The van der Waals surface area contributed by atoms with E-state index in [1.165, 1.54) is 6.07 Å². The number of aromatic nitrogens is 1. The van der Waals surface area contributed by atoms with Crippen LogP contribution in [0, 0.1) is 5.82 Å². The van der Waals surface area contributed by atoms with E-state index in [2.05, 4.69) is 4.98 Å². The van der Waals surface area contributed by atoms with E-state index in [4.69, 9.17) is 0 Å². The molecular weight excluding hydrogens is 353 g/mol. The monoisotopic (exact) mass is 379 g/mol. The highest BCUT2D eigenvalue weighted by Crippen LogP contribution is 2.35. The van der Waals surface area contributed by atoms with Crippen molar-refractivity contribution in [2.24, 2.45) is 0 Å². The van der Waals surface area contributed by atoms with Crippen LogP contribution in [0.25, 0.3) is 10.9 Å². The topological polar surface area (TPSA) is 56.4 Å². The summed E-state index contributed by atoms with van der Waals surface area (Å²) in [4.78, 5) is 3.20. The summed E-state index contributed by atoms with van der Waals surface area (Å²) in [5.74, 6) is 0.0215. The molecule has 0 spiro atoms. The summed E-state index contributed by atoms with van der Waals surface area (Å²) in [5.41, 5.74) is 2.03. The summed E-state index contributed by atoms with van der Waals surface area (Å²) in [5, 5.41) is 0.913. The highest BCUT2D eigenvalue weighted by molar-refractivity contribution is 7.86. The van der Waals surface area contributed by atoms with Crippen molar-refractivity contribution in [3.63, 3.8) is 0 Å². The SMILES string of the molecule is CC1CCCCN1S(=O)(=O)N1CCC(c2c[nH]c3ccc(F)cc23)CC1. The quantitative estimate of drug-likeness (QED) is 0.886. The Hall–Kier alpha value is -1.44. The van der Waals surface area contributed by atoms with Crippen molar-refractivity contribution in [2.45, 2.75) is 51.0 Å². The third-order valence-corrected chi connectivity index (χ3v) is 8.09. The van der Waals surface area contributed by atoms with Gasteiger partial charge in [-0.05, 0) is 62.3 Å². The van der Waals surface area contributed by atoms with E-state index in [0.717, 1.165) is 48.6 Å². The molecule has 1 aromatic carbocycles. The normalized spacial score (nSPS) is 24.3. The number of H-pyrrole nitrogens is 1. The van der Waals surface area contributed by atoms with Crippen molar-refractivity contribution in [2.75, 3.05) is 19.6 Å². The van der Waals surface area contributed by atoms with Gasteiger partial charge in [0.15, 0.2) is 0 Å². The highest BCUT2D eigenvalue weighted by atomic mass is 32.2. The van der Waals surface area contributed by atoms with Crippen LogP contribution in [0.5, 0.6) is 0 Å². The Morgan fingerprint density at radius 3 is 2.62 bits per heavy atom. The Morgan fingerprint density at radius 2 is 1.88 bits per heavy atom. The van der Waals surface area contributed by atoms with Gasteiger partial charge in [-0.15, -0.1) is 0 Å². The molecule has 0 radical (unpaired) electrons. The Kier molecular flexibility index (Phi) is 4.79. The van der Waals surface area contributed by atoms with E-state index in [1.807, 2.05) is 13.1 Å². The lowest BCUT2D eigenvalue weighted by molar-refractivity contribution is 0.230. The van der Waals surface area contributed by atoms with Crippen LogP contribution in [-0.4, -0.2) is 47.7 Å². The standard InChI is InChI=1S/C19H26FN3O2S/c1-14-4-2-3-9-23(14)26(24,25)22-10-7-15(8-11-22)18-13-21-19-6-5-16(20)12-17(18)19/h5-6,12-15,21H,2-4,7-11H2,1H3. The van der Waals surface area contributed by atoms with Gasteiger partial charge in [0.05, 0.1) is 0 Å². The lowest BCUT2D eigenvalue weighted by Gasteiger charge is -2.39. The minimum Gasteiger partial charge on any atom is -0.361 e. The molecule has 2 aliphatic rings. The van der Waals surface area contributed by atoms with Gasteiger partial charge >= 0.3 is 0 Å². The first kappa shape index (κ1) is 17.9. The zero-order valence-electron chi connectivity index (χ0n) is 15.1. The predicted molar refractivity (Wildman–Crippen MR) is 101 cm³/mol. The Labute approximate surface area is 154 Å². The summed E-state index contributed by atoms with van der Waals surface area (Å²) >= 11 is 0. The van der Waals surface area contributed by atoms with Crippen LogP contribution in [0.2, 0.25) is 0 Å². The molecule has 4 rings (SSSR count). The van der Waals surface area contributed by atoms with Crippen LogP contribution >= 0.6 is 0 Å². The summed E-state index contributed by atoms with van der Waals surface area (Å²) in [6, 6.07) is 4.87.